The predicted octanol–water partition coefficient (Wildman–Crippen LogP) is 3.34. The number of furan rings is 1. The molecular formula is C15H20N2O2S. The van der Waals surface area contributed by atoms with Gasteiger partial charge in [-0.1, -0.05) is 0 Å². The van der Waals surface area contributed by atoms with E-state index >= 15 is 0 Å². The highest BCUT2D eigenvalue weighted by molar-refractivity contribution is 7.11. The van der Waals surface area contributed by atoms with Crippen LogP contribution in [0.25, 0.3) is 0 Å². The van der Waals surface area contributed by atoms with Crippen molar-refractivity contribution in [2.75, 3.05) is 0 Å². The Balaban J connectivity index is 1.95. The molecule has 0 unspecified atom stereocenters. The van der Waals surface area contributed by atoms with Gasteiger partial charge in [0.05, 0.1) is 17.5 Å². The van der Waals surface area contributed by atoms with Gasteiger partial charge < -0.3 is 9.73 Å². The molecule has 0 saturated heterocycles. The minimum absolute atomic E-state index is 0.0110. The molecular weight excluding hydrogens is 272 g/mol. The summed E-state index contributed by atoms with van der Waals surface area (Å²) in [5.41, 5.74) is 0.590. The number of aryl methyl sites for hydroxylation is 3. The van der Waals surface area contributed by atoms with E-state index in [4.69, 9.17) is 4.42 Å². The maximum absolute atomic E-state index is 12.0. The maximum Gasteiger partial charge on any atom is 0.221 e. The second-order valence-electron chi connectivity index (χ2n) is 5.41. The molecule has 108 valence electrons. The van der Waals surface area contributed by atoms with Gasteiger partial charge in [-0.3, -0.25) is 4.79 Å². The summed E-state index contributed by atoms with van der Waals surface area (Å²) in [4.78, 5) is 17.8. The van der Waals surface area contributed by atoms with Crippen molar-refractivity contribution in [2.24, 2.45) is 0 Å². The number of hydrogen-bond acceptors (Lipinski definition) is 4. The summed E-state index contributed by atoms with van der Waals surface area (Å²) in [6.45, 7) is 8.00. The van der Waals surface area contributed by atoms with E-state index in [0.717, 1.165) is 16.5 Å². The Kier molecular flexibility index (Phi) is 4.28. The molecule has 20 heavy (non-hydrogen) atoms. The van der Waals surface area contributed by atoms with Gasteiger partial charge >= 0.3 is 0 Å². The third-order valence-corrected chi connectivity index (χ3v) is 4.59. The van der Waals surface area contributed by atoms with E-state index in [1.165, 1.54) is 4.88 Å². The zero-order valence-electron chi connectivity index (χ0n) is 12.3. The first-order chi connectivity index (χ1) is 9.38. The molecule has 0 radical (unpaired) electrons. The highest BCUT2D eigenvalue weighted by Gasteiger charge is 2.26. The highest BCUT2D eigenvalue weighted by Crippen LogP contribution is 2.27. The topological polar surface area (TPSA) is 55.1 Å². The van der Waals surface area contributed by atoms with Gasteiger partial charge in [-0.25, -0.2) is 4.98 Å². The molecule has 0 aromatic carbocycles. The number of aromatic nitrogens is 1. The van der Waals surface area contributed by atoms with Gasteiger partial charge in [0.2, 0.25) is 5.91 Å². The van der Waals surface area contributed by atoms with Gasteiger partial charge in [-0.05, 0) is 39.8 Å². The Hall–Kier alpha value is -1.62. The molecule has 2 aromatic rings. The second-order valence-corrected chi connectivity index (χ2v) is 6.62. The Morgan fingerprint density at radius 2 is 2.20 bits per heavy atom. The summed E-state index contributed by atoms with van der Waals surface area (Å²) < 4.78 is 5.23. The number of carbonyl (C=O) groups is 1. The van der Waals surface area contributed by atoms with Crippen molar-refractivity contribution >= 4 is 17.2 Å². The number of thiazole rings is 1. The fourth-order valence-electron chi connectivity index (χ4n) is 1.90. The summed E-state index contributed by atoms with van der Waals surface area (Å²) in [7, 11) is 0. The lowest BCUT2D eigenvalue weighted by atomic mass is 10.1. The van der Waals surface area contributed by atoms with Crippen LogP contribution >= 0.6 is 11.3 Å². The first kappa shape index (κ1) is 14.8. The SMILES string of the molecule is Cc1nc(C(C)(C)NC(=O)CCc2ccco2)sc1C. The summed E-state index contributed by atoms with van der Waals surface area (Å²) >= 11 is 1.63. The molecule has 5 heteroatoms. The molecule has 0 saturated carbocycles. The molecule has 2 aromatic heterocycles. The molecule has 2 rings (SSSR count). The van der Waals surface area contributed by atoms with Crippen LogP contribution < -0.4 is 5.32 Å². The fraction of sp³-hybridized carbons (Fsp3) is 0.467. The summed E-state index contributed by atoms with van der Waals surface area (Å²) in [6.07, 6.45) is 2.66. The molecule has 0 fully saturated rings. The zero-order valence-corrected chi connectivity index (χ0v) is 13.1. The number of amides is 1. The van der Waals surface area contributed by atoms with Crippen LogP contribution in [0.1, 0.15) is 41.6 Å². The average molecular weight is 292 g/mol. The van der Waals surface area contributed by atoms with Crippen molar-refractivity contribution in [3.63, 3.8) is 0 Å². The van der Waals surface area contributed by atoms with Crippen LogP contribution in [-0.2, 0) is 16.8 Å². The van der Waals surface area contributed by atoms with Crippen LogP contribution in [0, 0.1) is 13.8 Å². The second kappa shape index (κ2) is 5.79. The van der Waals surface area contributed by atoms with Gasteiger partial charge in [0, 0.05) is 17.7 Å². The lowest BCUT2D eigenvalue weighted by molar-refractivity contribution is -0.122. The van der Waals surface area contributed by atoms with Crippen molar-refractivity contribution in [1.82, 2.24) is 10.3 Å². The smallest absolute Gasteiger partial charge is 0.221 e. The Morgan fingerprint density at radius 1 is 1.45 bits per heavy atom. The Bertz CT molecular complexity index is 566. The summed E-state index contributed by atoms with van der Waals surface area (Å²) in [6, 6.07) is 3.71. The lowest BCUT2D eigenvalue weighted by Crippen LogP contribution is -2.41. The summed E-state index contributed by atoms with van der Waals surface area (Å²) in [5, 5.41) is 3.99. The van der Waals surface area contributed by atoms with Crippen molar-refractivity contribution in [3.8, 4) is 0 Å². The third-order valence-electron chi connectivity index (χ3n) is 3.19. The first-order valence-corrected chi connectivity index (χ1v) is 7.48. The molecule has 0 aliphatic rings. The van der Waals surface area contributed by atoms with Crippen LogP contribution in [0.15, 0.2) is 22.8 Å². The van der Waals surface area contributed by atoms with Crippen LogP contribution in [0.2, 0.25) is 0 Å². The first-order valence-electron chi connectivity index (χ1n) is 6.66. The largest absolute Gasteiger partial charge is 0.469 e. The molecule has 2 heterocycles. The molecule has 0 atom stereocenters. The van der Waals surface area contributed by atoms with Crippen LogP contribution in [0.5, 0.6) is 0 Å². The molecule has 0 aliphatic heterocycles. The van der Waals surface area contributed by atoms with E-state index in [1.54, 1.807) is 17.6 Å². The summed E-state index contributed by atoms with van der Waals surface area (Å²) in [5.74, 6) is 0.843. The molecule has 1 N–H and O–H groups in total. The highest BCUT2D eigenvalue weighted by atomic mass is 32.1. The van der Waals surface area contributed by atoms with Crippen LogP contribution in [-0.4, -0.2) is 10.9 Å². The van der Waals surface area contributed by atoms with E-state index in [0.29, 0.717) is 12.8 Å². The zero-order chi connectivity index (χ0) is 14.8. The van der Waals surface area contributed by atoms with Crippen molar-refractivity contribution in [2.45, 2.75) is 46.1 Å². The van der Waals surface area contributed by atoms with E-state index in [-0.39, 0.29) is 5.91 Å². The van der Waals surface area contributed by atoms with Gasteiger partial charge in [0.15, 0.2) is 0 Å². The minimum atomic E-state index is -0.441. The maximum atomic E-state index is 12.0. The van der Waals surface area contributed by atoms with E-state index < -0.39 is 5.54 Å². The lowest BCUT2D eigenvalue weighted by Gasteiger charge is -2.23. The van der Waals surface area contributed by atoms with Crippen LogP contribution in [0.4, 0.5) is 0 Å². The molecule has 0 aliphatic carbocycles. The van der Waals surface area contributed by atoms with Gasteiger partial charge in [0.25, 0.3) is 0 Å². The molecule has 1 amide bonds. The normalized spacial score (nSPS) is 11.6. The standard InChI is InChI=1S/C15H20N2O2S/c1-10-11(2)20-14(16-10)15(3,4)17-13(18)8-7-12-6-5-9-19-12/h5-6,9H,7-8H2,1-4H3,(H,17,18). The van der Waals surface area contributed by atoms with Gasteiger partial charge in [-0.2, -0.15) is 0 Å². The fourth-order valence-corrected chi connectivity index (χ4v) is 2.87. The van der Waals surface area contributed by atoms with Crippen LogP contribution in [0.3, 0.4) is 0 Å². The van der Waals surface area contributed by atoms with E-state index in [1.807, 2.05) is 39.8 Å². The molecule has 0 spiro atoms. The Morgan fingerprint density at radius 3 is 2.75 bits per heavy atom. The van der Waals surface area contributed by atoms with Crippen molar-refractivity contribution in [1.29, 1.82) is 0 Å². The monoisotopic (exact) mass is 292 g/mol. The number of carbonyl (C=O) groups excluding carboxylic acids is 1. The predicted molar refractivity (Wildman–Crippen MR) is 79.8 cm³/mol. The van der Waals surface area contributed by atoms with E-state index in [9.17, 15) is 4.79 Å². The van der Waals surface area contributed by atoms with E-state index in [2.05, 4.69) is 10.3 Å². The molecule has 0 bridgehead atoms. The van der Waals surface area contributed by atoms with Gasteiger partial charge in [-0.15, -0.1) is 11.3 Å². The number of rotatable bonds is 5. The molecule has 4 nitrogen and oxygen atoms in total. The quantitative estimate of drug-likeness (QED) is 0.919. The van der Waals surface area contributed by atoms with Crippen molar-refractivity contribution < 1.29 is 9.21 Å². The minimum Gasteiger partial charge on any atom is -0.469 e. The third kappa shape index (κ3) is 3.48. The van der Waals surface area contributed by atoms with Gasteiger partial charge in [0.1, 0.15) is 10.8 Å². The number of nitrogens with zero attached hydrogens (tertiary/aromatic N) is 1. The number of hydrogen-bond donors (Lipinski definition) is 1. The number of nitrogens with one attached hydrogen (secondary N) is 1. The Labute approximate surface area is 123 Å². The average Bonchev–Trinajstić information content (AvgIpc) is 2.97. The van der Waals surface area contributed by atoms with Crippen molar-refractivity contribution in [3.05, 3.63) is 39.7 Å².